The molecular weight excluding hydrogens is 172 g/mol. The maximum atomic E-state index is 6.18. The SMILES string of the molecule is CC1=CCC2(O1)C(C)CCCC2(C)C. The molecule has 1 nitrogen and oxygen atoms in total. The zero-order chi connectivity index (χ0) is 10.4. The van der Waals surface area contributed by atoms with Crippen molar-refractivity contribution in [3.63, 3.8) is 0 Å². The molecule has 1 spiro atoms. The van der Waals surface area contributed by atoms with Crippen LogP contribution in [-0.2, 0) is 4.74 Å². The Balaban J connectivity index is 2.29. The third-order valence-corrected chi connectivity index (χ3v) is 4.42. The van der Waals surface area contributed by atoms with Crippen LogP contribution in [0.15, 0.2) is 11.8 Å². The van der Waals surface area contributed by atoms with Crippen LogP contribution in [0.25, 0.3) is 0 Å². The van der Waals surface area contributed by atoms with Crippen LogP contribution in [0.5, 0.6) is 0 Å². The average Bonchev–Trinajstić information content (AvgIpc) is 2.46. The molecule has 0 aromatic heterocycles. The van der Waals surface area contributed by atoms with Gasteiger partial charge in [0.15, 0.2) is 0 Å². The zero-order valence-corrected chi connectivity index (χ0v) is 9.89. The van der Waals surface area contributed by atoms with Gasteiger partial charge < -0.3 is 4.74 Å². The van der Waals surface area contributed by atoms with Gasteiger partial charge >= 0.3 is 0 Å². The third-order valence-electron chi connectivity index (χ3n) is 4.42. The summed E-state index contributed by atoms with van der Waals surface area (Å²) in [6.45, 7) is 9.18. The van der Waals surface area contributed by atoms with Gasteiger partial charge in [0.05, 0.1) is 5.76 Å². The van der Waals surface area contributed by atoms with Gasteiger partial charge in [0.2, 0.25) is 0 Å². The molecule has 2 unspecified atom stereocenters. The highest BCUT2D eigenvalue weighted by Crippen LogP contribution is 2.54. The van der Waals surface area contributed by atoms with Gasteiger partial charge in [-0.2, -0.15) is 0 Å². The summed E-state index contributed by atoms with van der Waals surface area (Å²) in [5.74, 6) is 1.83. The lowest BCUT2D eigenvalue weighted by Gasteiger charge is -2.51. The van der Waals surface area contributed by atoms with Crippen LogP contribution >= 0.6 is 0 Å². The van der Waals surface area contributed by atoms with Gasteiger partial charge in [-0.05, 0) is 31.8 Å². The number of ether oxygens (including phenoxy) is 1. The van der Waals surface area contributed by atoms with Gasteiger partial charge in [0.25, 0.3) is 0 Å². The minimum atomic E-state index is 0.106. The first-order valence-electron chi connectivity index (χ1n) is 5.84. The molecule has 14 heavy (non-hydrogen) atoms. The van der Waals surface area contributed by atoms with E-state index in [0.717, 1.165) is 12.2 Å². The van der Waals surface area contributed by atoms with Crippen LogP contribution < -0.4 is 0 Å². The van der Waals surface area contributed by atoms with Crippen LogP contribution in [0.2, 0.25) is 0 Å². The monoisotopic (exact) mass is 194 g/mol. The molecule has 1 aliphatic carbocycles. The average molecular weight is 194 g/mol. The lowest BCUT2D eigenvalue weighted by atomic mass is 9.60. The summed E-state index contributed by atoms with van der Waals surface area (Å²) in [6.07, 6.45) is 7.37. The second-order valence-electron chi connectivity index (χ2n) is 5.69. The molecule has 2 aliphatic rings. The summed E-state index contributed by atoms with van der Waals surface area (Å²) >= 11 is 0. The van der Waals surface area contributed by atoms with Gasteiger partial charge in [0.1, 0.15) is 5.60 Å². The van der Waals surface area contributed by atoms with Crippen LogP contribution in [-0.4, -0.2) is 5.60 Å². The van der Waals surface area contributed by atoms with Crippen molar-refractivity contribution in [2.24, 2.45) is 11.3 Å². The van der Waals surface area contributed by atoms with Crippen LogP contribution in [0.4, 0.5) is 0 Å². The minimum absolute atomic E-state index is 0.106. The smallest absolute Gasteiger partial charge is 0.120 e. The number of hydrogen-bond acceptors (Lipinski definition) is 1. The van der Waals surface area contributed by atoms with Crippen molar-refractivity contribution in [1.29, 1.82) is 0 Å². The highest BCUT2D eigenvalue weighted by Gasteiger charge is 2.54. The van der Waals surface area contributed by atoms with E-state index in [1.807, 2.05) is 0 Å². The summed E-state index contributed by atoms with van der Waals surface area (Å²) in [7, 11) is 0. The molecule has 1 heterocycles. The molecule has 1 fully saturated rings. The highest BCUT2D eigenvalue weighted by molar-refractivity contribution is 5.14. The zero-order valence-electron chi connectivity index (χ0n) is 9.89. The molecule has 0 N–H and O–H groups in total. The fourth-order valence-corrected chi connectivity index (χ4v) is 3.34. The van der Waals surface area contributed by atoms with Crippen LogP contribution in [0, 0.1) is 11.3 Å². The topological polar surface area (TPSA) is 9.23 Å². The maximum absolute atomic E-state index is 6.18. The van der Waals surface area contributed by atoms with Gasteiger partial charge in [0, 0.05) is 11.8 Å². The molecule has 1 heteroatoms. The molecule has 0 saturated heterocycles. The molecule has 1 aliphatic heterocycles. The quantitative estimate of drug-likeness (QED) is 0.568. The molecule has 2 atom stereocenters. The first kappa shape index (κ1) is 10.1. The molecule has 0 aromatic carbocycles. The summed E-state index contributed by atoms with van der Waals surface area (Å²) < 4.78 is 6.18. The molecule has 1 saturated carbocycles. The molecule has 0 amide bonds. The van der Waals surface area contributed by atoms with Crippen molar-refractivity contribution < 1.29 is 4.74 Å². The van der Waals surface area contributed by atoms with Gasteiger partial charge in [-0.3, -0.25) is 0 Å². The van der Waals surface area contributed by atoms with E-state index >= 15 is 0 Å². The summed E-state index contributed by atoms with van der Waals surface area (Å²) in [5, 5.41) is 0. The fourth-order valence-electron chi connectivity index (χ4n) is 3.34. The standard InChI is InChI=1S/C13H22O/c1-10-6-5-8-12(3,4)13(10)9-7-11(2)14-13/h7,10H,5-6,8-9H2,1-4H3. The van der Waals surface area contributed by atoms with E-state index in [0.29, 0.717) is 11.3 Å². The Morgan fingerprint density at radius 1 is 1.43 bits per heavy atom. The van der Waals surface area contributed by atoms with Gasteiger partial charge in [-0.15, -0.1) is 0 Å². The maximum Gasteiger partial charge on any atom is 0.120 e. The van der Waals surface area contributed by atoms with Gasteiger partial charge in [-0.25, -0.2) is 0 Å². The lowest BCUT2D eigenvalue weighted by Crippen LogP contribution is -2.52. The number of rotatable bonds is 0. The summed E-state index contributed by atoms with van der Waals surface area (Å²) in [4.78, 5) is 0. The molecule has 2 rings (SSSR count). The predicted octanol–water partition coefficient (Wildman–Crippen LogP) is 3.90. The molecular formula is C13H22O. The molecule has 0 radical (unpaired) electrons. The minimum Gasteiger partial charge on any atom is -0.491 e. The fraction of sp³-hybridized carbons (Fsp3) is 0.846. The Hall–Kier alpha value is -0.460. The first-order valence-corrected chi connectivity index (χ1v) is 5.84. The van der Waals surface area contributed by atoms with Crippen molar-refractivity contribution >= 4 is 0 Å². The normalized spacial score (nSPS) is 40.9. The second kappa shape index (κ2) is 3.01. The highest BCUT2D eigenvalue weighted by atomic mass is 16.5. The van der Waals surface area contributed by atoms with Gasteiger partial charge in [-0.1, -0.05) is 27.2 Å². The summed E-state index contributed by atoms with van der Waals surface area (Å²) in [6, 6.07) is 0. The van der Waals surface area contributed by atoms with Crippen molar-refractivity contribution in [3.05, 3.63) is 11.8 Å². The van der Waals surface area contributed by atoms with Crippen LogP contribution in [0.3, 0.4) is 0 Å². The molecule has 0 bridgehead atoms. The number of hydrogen-bond donors (Lipinski definition) is 0. The van der Waals surface area contributed by atoms with Crippen molar-refractivity contribution in [2.75, 3.05) is 0 Å². The van der Waals surface area contributed by atoms with E-state index in [1.54, 1.807) is 0 Å². The van der Waals surface area contributed by atoms with E-state index < -0.39 is 0 Å². The predicted molar refractivity (Wildman–Crippen MR) is 59.0 cm³/mol. The Kier molecular flexibility index (Phi) is 2.17. The Labute approximate surface area is 87.5 Å². The van der Waals surface area contributed by atoms with Crippen molar-refractivity contribution in [2.45, 2.75) is 59.0 Å². The largest absolute Gasteiger partial charge is 0.491 e. The Morgan fingerprint density at radius 3 is 2.64 bits per heavy atom. The molecule has 0 aromatic rings. The van der Waals surface area contributed by atoms with Crippen LogP contribution in [0.1, 0.15) is 53.4 Å². The lowest BCUT2D eigenvalue weighted by molar-refractivity contribution is -0.133. The first-order chi connectivity index (χ1) is 6.48. The van der Waals surface area contributed by atoms with Crippen molar-refractivity contribution in [3.8, 4) is 0 Å². The number of allylic oxidation sites excluding steroid dienone is 1. The van der Waals surface area contributed by atoms with E-state index in [1.165, 1.54) is 19.3 Å². The Morgan fingerprint density at radius 2 is 2.14 bits per heavy atom. The third kappa shape index (κ3) is 1.21. The molecule has 80 valence electrons. The van der Waals surface area contributed by atoms with E-state index in [9.17, 15) is 0 Å². The second-order valence-corrected chi connectivity index (χ2v) is 5.69. The summed E-state index contributed by atoms with van der Waals surface area (Å²) in [5.41, 5.74) is 0.439. The van der Waals surface area contributed by atoms with E-state index in [-0.39, 0.29) is 5.60 Å². The van der Waals surface area contributed by atoms with E-state index in [2.05, 4.69) is 33.8 Å². The van der Waals surface area contributed by atoms with Crippen molar-refractivity contribution in [1.82, 2.24) is 0 Å². The van der Waals surface area contributed by atoms with E-state index in [4.69, 9.17) is 4.74 Å². The Bertz CT molecular complexity index is 264.